The van der Waals surface area contributed by atoms with E-state index in [0.717, 1.165) is 21.5 Å². The summed E-state index contributed by atoms with van der Waals surface area (Å²) in [4.78, 5) is 5.64. The van der Waals surface area contributed by atoms with Crippen molar-refractivity contribution >= 4 is 34.7 Å². The lowest BCUT2D eigenvalue weighted by Gasteiger charge is -2.07. The number of rotatable bonds is 4. The topological polar surface area (TPSA) is 38.9 Å². The standard InChI is InChI=1S/C12H13ClN2S2/c1-8-7-16-12(15-8)17-11-3-2-10(13)6-9(11)4-5-14/h2-3,6-7H,4-5,14H2,1H3. The van der Waals surface area contributed by atoms with Crippen LogP contribution in [0.5, 0.6) is 0 Å². The Labute approximate surface area is 114 Å². The normalized spacial score (nSPS) is 10.8. The van der Waals surface area contributed by atoms with Crippen LogP contribution in [0, 0.1) is 6.92 Å². The van der Waals surface area contributed by atoms with Crippen LogP contribution in [-0.4, -0.2) is 11.5 Å². The molecule has 5 heteroatoms. The summed E-state index contributed by atoms with van der Waals surface area (Å²) in [5.74, 6) is 0. The number of hydrogen-bond donors (Lipinski definition) is 1. The number of thiazole rings is 1. The predicted octanol–water partition coefficient (Wildman–Crippen LogP) is 3.76. The highest BCUT2D eigenvalue weighted by Crippen LogP contribution is 2.33. The Balaban J connectivity index is 2.25. The van der Waals surface area contributed by atoms with E-state index in [9.17, 15) is 0 Å². The molecule has 0 amide bonds. The van der Waals surface area contributed by atoms with E-state index in [2.05, 4.69) is 10.4 Å². The first-order chi connectivity index (χ1) is 8.19. The number of aromatic nitrogens is 1. The van der Waals surface area contributed by atoms with Gasteiger partial charge in [0.05, 0.1) is 0 Å². The zero-order valence-corrected chi connectivity index (χ0v) is 11.8. The fourth-order valence-corrected chi connectivity index (χ4v) is 3.60. The summed E-state index contributed by atoms with van der Waals surface area (Å²) in [6.07, 6.45) is 0.841. The van der Waals surface area contributed by atoms with E-state index in [0.29, 0.717) is 6.54 Å². The number of halogens is 1. The van der Waals surface area contributed by atoms with Crippen molar-refractivity contribution in [3.05, 3.63) is 39.9 Å². The molecule has 0 unspecified atom stereocenters. The molecule has 2 rings (SSSR count). The molecule has 0 spiro atoms. The summed E-state index contributed by atoms with van der Waals surface area (Å²) in [5.41, 5.74) is 7.87. The summed E-state index contributed by atoms with van der Waals surface area (Å²) >= 11 is 9.34. The Bertz CT molecular complexity index is 511. The Morgan fingerprint density at radius 1 is 1.47 bits per heavy atom. The fraction of sp³-hybridized carbons (Fsp3) is 0.250. The summed E-state index contributed by atoms with van der Waals surface area (Å²) < 4.78 is 1.06. The molecule has 2 N–H and O–H groups in total. The first-order valence-electron chi connectivity index (χ1n) is 5.27. The van der Waals surface area contributed by atoms with Crippen LogP contribution >= 0.6 is 34.7 Å². The summed E-state index contributed by atoms with van der Waals surface area (Å²) in [6.45, 7) is 2.63. The van der Waals surface area contributed by atoms with Gasteiger partial charge >= 0.3 is 0 Å². The molecular formula is C12H13ClN2S2. The Morgan fingerprint density at radius 2 is 2.29 bits per heavy atom. The van der Waals surface area contributed by atoms with Crippen LogP contribution in [0.3, 0.4) is 0 Å². The molecule has 0 bridgehead atoms. The summed E-state index contributed by atoms with van der Waals surface area (Å²) in [7, 11) is 0. The fourth-order valence-electron chi connectivity index (χ4n) is 1.47. The second-order valence-electron chi connectivity index (χ2n) is 3.65. The lowest BCUT2D eigenvalue weighted by molar-refractivity contribution is 0.944. The molecule has 0 aliphatic rings. The second kappa shape index (κ2) is 5.87. The van der Waals surface area contributed by atoms with Gasteiger partial charge in [-0.3, -0.25) is 0 Å². The van der Waals surface area contributed by atoms with Crippen LogP contribution < -0.4 is 5.73 Å². The maximum Gasteiger partial charge on any atom is 0.154 e. The third-order valence-electron chi connectivity index (χ3n) is 2.23. The van der Waals surface area contributed by atoms with E-state index in [4.69, 9.17) is 17.3 Å². The van der Waals surface area contributed by atoms with E-state index in [1.807, 2.05) is 25.1 Å². The average molecular weight is 285 g/mol. The van der Waals surface area contributed by atoms with Crippen molar-refractivity contribution in [1.82, 2.24) is 4.98 Å². The van der Waals surface area contributed by atoms with Crippen molar-refractivity contribution in [2.75, 3.05) is 6.54 Å². The van der Waals surface area contributed by atoms with Gasteiger partial charge < -0.3 is 5.73 Å². The van der Waals surface area contributed by atoms with E-state index in [1.165, 1.54) is 10.5 Å². The first kappa shape index (κ1) is 12.9. The quantitative estimate of drug-likeness (QED) is 0.929. The molecular weight excluding hydrogens is 272 g/mol. The van der Waals surface area contributed by atoms with E-state index >= 15 is 0 Å². The van der Waals surface area contributed by atoms with Gasteiger partial charge in [-0.25, -0.2) is 4.98 Å². The van der Waals surface area contributed by atoms with Gasteiger partial charge in [0, 0.05) is 21.0 Å². The molecule has 0 fully saturated rings. The summed E-state index contributed by atoms with van der Waals surface area (Å²) in [6, 6.07) is 5.93. The van der Waals surface area contributed by atoms with Crippen LogP contribution in [0.1, 0.15) is 11.3 Å². The van der Waals surface area contributed by atoms with Gasteiger partial charge in [-0.2, -0.15) is 0 Å². The van der Waals surface area contributed by atoms with Crippen molar-refractivity contribution in [3.8, 4) is 0 Å². The van der Waals surface area contributed by atoms with Gasteiger partial charge in [-0.15, -0.1) is 11.3 Å². The molecule has 0 radical (unpaired) electrons. The molecule has 0 aliphatic carbocycles. The van der Waals surface area contributed by atoms with Crippen molar-refractivity contribution in [3.63, 3.8) is 0 Å². The van der Waals surface area contributed by atoms with E-state index < -0.39 is 0 Å². The average Bonchev–Trinajstić information content (AvgIpc) is 2.69. The Hall–Kier alpha value is -0.550. The molecule has 1 aromatic heterocycles. The van der Waals surface area contributed by atoms with E-state index in [1.54, 1.807) is 23.1 Å². The molecule has 0 saturated carbocycles. The van der Waals surface area contributed by atoms with Gasteiger partial charge in [0.2, 0.25) is 0 Å². The highest BCUT2D eigenvalue weighted by Gasteiger charge is 2.07. The zero-order chi connectivity index (χ0) is 12.3. The predicted molar refractivity (Wildman–Crippen MR) is 75.2 cm³/mol. The Kier molecular flexibility index (Phi) is 4.45. The molecule has 17 heavy (non-hydrogen) atoms. The molecule has 0 saturated heterocycles. The minimum absolute atomic E-state index is 0.630. The van der Waals surface area contributed by atoms with Gasteiger partial charge in [-0.1, -0.05) is 23.4 Å². The second-order valence-corrected chi connectivity index (χ2v) is 6.23. The van der Waals surface area contributed by atoms with Crippen LogP contribution in [0.4, 0.5) is 0 Å². The summed E-state index contributed by atoms with van der Waals surface area (Å²) in [5, 5.41) is 2.81. The number of nitrogens with two attached hydrogens (primary N) is 1. The number of aryl methyl sites for hydroxylation is 1. The Morgan fingerprint density at radius 3 is 2.94 bits per heavy atom. The third kappa shape index (κ3) is 3.45. The lowest BCUT2D eigenvalue weighted by atomic mass is 10.1. The van der Waals surface area contributed by atoms with Crippen molar-refractivity contribution < 1.29 is 0 Å². The van der Waals surface area contributed by atoms with Gasteiger partial charge in [0.15, 0.2) is 4.34 Å². The van der Waals surface area contributed by atoms with E-state index in [-0.39, 0.29) is 0 Å². The largest absolute Gasteiger partial charge is 0.330 e. The zero-order valence-electron chi connectivity index (χ0n) is 9.44. The maximum absolute atomic E-state index is 6.00. The number of benzene rings is 1. The molecule has 1 heterocycles. The highest BCUT2D eigenvalue weighted by molar-refractivity contribution is 8.01. The van der Waals surface area contributed by atoms with Crippen molar-refractivity contribution in [1.29, 1.82) is 0 Å². The third-order valence-corrected chi connectivity index (χ3v) is 4.64. The van der Waals surface area contributed by atoms with Crippen molar-refractivity contribution in [2.45, 2.75) is 22.6 Å². The number of nitrogens with zero attached hydrogens (tertiary/aromatic N) is 1. The molecule has 2 nitrogen and oxygen atoms in total. The van der Waals surface area contributed by atoms with Crippen LogP contribution in [0.2, 0.25) is 5.02 Å². The smallest absolute Gasteiger partial charge is 0.154 e. The van der Waals surface area contributed by atoms with Gasteiger partial charge in [0.1, 0.15) is 0 Å². The molecule has 0 aliphatic heterocycles. The maximum atomic E-state index is 6.00. The van der Waals surface area contributed by atoms with Gasteiger partial charge in [0.25, 0.3) is 0 Å². The number of hydrogen-bond acceptors (Lipinski definition) is 4. The van der Waals surface area contributed by atoms with Crippen LogP contribution in [0.25, 0.3) is 0 Å². The minimum atomic E-state index is 0.630. The monoisotopic (exact) mass is 284 g/mol. The van der Waals surface area contributed by atoms with Crippen LogP contribution in [-0.2, 0) is 6.42 Å². The van der Waals surface area contributed by atoms with Crippen molar-refractivity contribution in [2.24, 2.45) is 5.73 Å². The lowest BCUT2D eigenvalue weighted by Crippen LogP contribution is -2.03. The molecule has 1 aromatic carbocycles. The minimum Gasteiger partial charge on any atom is -0.330 e. The molecule has 0 atom stereocenters. The SMILES string of the molecule is Cc1csc(Sc2ccc(Cl)cc2CCN)n1. The molecule has 2 aromatic rings. The molecule has 90 valence electrons. The van der Waals surface area contributed by atoms with Gasteiger partial charge in [-0.05, 0) is 43.7 Å². The highest BCUT2D eigenvalue weighted by atomic mass is 35.5. The first-order valence-corrected chi connectivity index (χ1v) is 7.35. The van der Waals surface area contributed by atoms with Crippen LogP contribution in [0.15, 0.2) is 32.8 Å².